The number of nitrogens with one attached hydrogen (secondary N) is 1. The summed E-state index contributed by atoms with van der Waals surface area (Å²) in [5.41, 5.74) is 1.00. The van der Waals surface area contributed by atoms with Gasteiger partial charge in [0.25, 0.3) is 0 Å². The Kier molecular flexibility index (Phi) is 3.18. The van der Waals surface area contributed by atoms with Gasteiger partial charge in [-0.3, -0.25) is 0 Å². The average Bonchev–Trinajstić information content (AvgIpc) is 3.01. The van der Waals surface area contributed by atoms with Crippen molar-refractivity contribution in [1.29, 1.82) is 0 Å². The first kappa shape index (κ1) is 12.1. The molecule has 1 aliphatic rings. The SMILES string of the molecule is Oc1ccc(Cc2noc([C@@H]3C[C@H](O)CN3)n2)cc1. The number of aromatic nitrogens is 2. The van der Waals surface area contributed by atoms with Gasteiger partial charge in [0.05, 0.1) is 12.1 Å². The number of β-amino-alcohol motifs (C(OH)–C–C–N with tert-alkyl or cyclic N) is 1. The largest absolute Gasteiger partial charge is 0.508 e. The van der Waals surface area contributed by atoms with Crippen LogP contribution < -0.4 is 5.32 Å². The van der Waals surface area contributed by atoms with Crippen LogP contribution in [-0.2, 0) is 6.42 Å². The topological polar surface area (TPSA) is 91.4 Å². The fraction of sp³-hybridized carbons (Fsp3) is 0.385. The lowest BCUT2D eigenvalue weighted by Gasteiger charge is -2.01. The zero-order valence-corrected chi connectivity index (χ0v) is 10.3. The summed E-state index contributed by atoms with van der Waals surface area (Å²) in [6, 6.07) is 6.85. The Morgan fingerprint density at radius 3 is 2.79 bits per heavy atom. The number of phenols is 1. The molecule has 19 heavy (non-hydrogen) atoms. The van der Waals surface area contributed by atoms with Crippen LogP contribution in [0, 0.1) is 0 Å². The molecule has 1 aliphatic heterocycles. The molecule has 6 nitrogen and oxygen atoms in total. The molecule has 1 fully saturated rings. The number of aliphatic hydroxyl groups excluding tert-OH is 1. The highest BCUT2D eigenvalue weighted by Crippen LogP contribution is 2.22. The Balaban J connectivity index is 1.69. The molecule has 0 saturated carbocycles. The Labute approximate surface area is 110 Å². The fourth-order valence-electron chi connectivity index (χ4n) is 2.18. The summed E-state index contributed by atoms with van der Waals surface area (Å²) in [5, 5.41) is 25.7. The lowest BCUT2D eigenvalue weighted by atomic mass is 10.1. The standard InChI is InChI=1S/C13H15N3O3/c17-9-3-1-8(2-4-9)5-12-15-13(19-16-12)11-6-10(18)7-14-11/h1-4,10-11,14,17-18H,5-7H2/t10-,11-/m0/s1. The molecule has 2 atom stereocenters. The first-order valence-corrected chi connectivity index (χ1v) is 6.22. The van der Waals surface area contributed by atoms with Crippen molar-refractivity contribution in [3.8, 4) is 5.75 Å². The van der Waals surface area contributed by atoms with Gasteiger partial charge in [-0.15, -0.1) is 0 Å². The maximum atomic E-state index is 9.45. The van der Waals surface area contributed by atoms with E-state index < -0.39 is 0 Å². The smallest absolute Gasteiger partial charge is 0.243 e. The van der Waals surface area contributed by atoms with Crippen LogP contribution in [0.2, 0.25) is 0 Å². The predicted octanol–water partition coefficient (Wildman–Crippen LogP) is 0.761. The summed E-state index contributed by atoms with van der Waals surface area (Å²) in [6.07, 6.45) is 0.803. The van der Waals surface area contributed by atoms with Crippen molar-refractivity contribution in [3.63, 3.8) is 0 Å². The lowest BCUT2D eigenvalue weighted by molar-refractivity contribution is 0.191. The van der Waals surface area contributed by atoms with E-state index in [9.17, 15) is 10.2 Å². The number of nitrogens with zero attached hydrogens (tertiary/aromatic N) is 2. The Hall–Kier alpha value is -1.92. The molecule has 0 radical (unpaired) electrons. The van der Waals surface area contributed by atoms with Gasteiger partial charge in [0, 0.05) is 13.0 Å². The molecule has 0 aliphatic carbocycles. The van der Waals surface area contributed by atoms with Gasteiger partial charge in [0.1, 0.15) is 5.75 Å². The molecule has 0 bridgehead atoms. The molecule has 1 saturated heterocycles. The maximum absolute atomic E-state index is 9.45. The van der Waals surface area contributed by atoms with Crippen LogP contribution >= 0.6 is 0 Å². The van der Waals surface area contributed by atoms with Crippen LogP contribution in [0.5, 0.6) is 5.75 Å². The van der Waals surface area contributed by atoms with Crippen LogP contribution in [0.15, 0.2) is 28.8 Å². The number of rotatable bonds is 3. The predicted molar refractivity (Wildman–Crippen MR) is 66.6 cm³/mol. The minimum atomic E-state index is -0.350. The zero-order valence-electron chi connectivity index (χ0n) is 10.3. The molecule has 3 rings (SSSR count). The van der Waals surface area contributed by atoms with Crippen molar-refractivity contribution in [2.24, 2.45) is 0 Å². The van der Waals surface area contributed by atoms with Crippen molar-refractivity contribution < 1.29 is 14.7 Å². The molecule has 3 N–H and O–H groups in total. The molecular formula is C13H15N3O3. The van der Waals surface area contributed by atoms with Crippen molar-refractivity contribution in [2.75, 3.05) is 6.54 Å². The molecular weight excluding hydrogens is 246 g/mol. The van der Waals surface area contributed by atoms with E-state index in [0.29, 0.717) is 31.1 Å². The highest BCUT2D eigenvalue weighted by Gasteiger charge is 2.27. The van der Waals surface area contributed by atoms with Gasteiger partial charge < -0.3 is 20.1 Å². The van der Waals surface area contributed by atoms with E-state index in [-0.39, 0.29) is 17.9 Å². The molecule has 6 heteroatoms. The van der Waals surface area contributed by atoms with E-state index >= 15 is 0 Å². The first-order chi connectivity index (χ1) is 9.20. The molecule has 1 aromatic heterocycles. The monoisotopic (exact) mass is 261 g/mol. The second kappa shape index (κ2) is 4.99. The third kappa shape index (κ3) is 2.74. The third-order valence-electron chi connectivity index (χ3n) is 3.19. The molecule has 0 unspecified atom stereocenters. The van der Waals surface area contributed by atoms with Crippen LogP contribution in [0.3, 0.4) is 0 Å². The molecule has 2 aromatic rings. The van der Waals surface area contributed by atoms with Crippen molar-refractivity contribution >= 4 is 0 Å². The van der Waals surface area contributed by atoms with Gasteiger partial charge in [-0.05, 0) is 24.1 Å². The molecule has 1 aromatic carbocycles. The van der Waals surface area contributed by atoms with Gasteiger partial charge in [-0.25, -0.2) is 0 Å². The van der Waals surface area contributed by atoms with Crippen LogP contribution in [-0.4, -0.2) is 33.0 Å². The third-order valence-corrected chi connectivity index (χ3v) is 3.19. The molecule has 100 valence electrons. The van der Waals surface area contributed by atoms with E-state index in [1.165, 1.54) is 0 Å². The van der Waals surface area contributed by atoms with Crippen LogP contribution in [0.4, 0.5) is 0 Å². The van der Waals surface area contributed by atoms with Gasteiger partial charge in [-0.2, -0.15) is 4.98 Å². The van der Waals surface area contributed by atoms with Crippen molar-refractivity contribution in [3.05, 3.63) is 41.5 Å². The number of benzene rings is 1. The van der Waals surface area contributed by atoms with Gasteiger partial charge >= 0.3 is 0 Å². The van der Waals surface area contributed by atoms with E-state index in [1.54, 1.807) is 12.1 Å². The highest BCUT2D eigenvalue weighted by molar-refractivity contribution is 5.27. The van der Waals surface area contributed by atoms with E-state index in [4.69, 9.17) is 4.52 Å². The van der Waals surface area contributed by atoms with Crippen molar-refractivity contribution in [1.82, 2.24) is 15.5 Å². The van der Waals surface area contributed by atoms with Gasteiger partial charge in [-0.1, -0.05) is 17.3 Å². The van der Waals surface area contributed by atoms with Gasteiger partial charge in [0.2, 0.25) is 5.89 Å². The van der Waals surface area contributed by atoms with Crippen LogP contribution in [0.25, 0.3) is 0 Å². The molecule has 0 amide bonds. The summed E-state index contributed by atoms with van der Waals surface area (Å²) < 4.78 is 5.21. The fourth-order valence-corrected chi connectivity index (χ4v) is 2.18. The Morgan fingerprint density at radius 1 is 1.32 bits per heavy atom. The number of phenolic OH excluding ortho intramolecular Hbond substituents is 1. The van der Waals surface area contributed by atoms with Crippen molar-refractivity contribution in [2.45, 2.75) is 25.0 Å². The summed E-state index contributed by atoms with van der Waals surface area (Å²) >= 11 is 0. The normalized spacial score (nSPS) is 22.8. The average molecular weight is 261 g/mol. The second-order valence-electron chi connectivity index (χ2n) is 4.74. The van der Waals surface area contributed by atoms with E-state index in [0.717, 1.165) is 5.56 Å². The first-order valence-electron chi connectivity index (χ1n) is 6.22. The van der Waals surface area contributed by atoms with E-state index in [2.05, 4.69) is 15.5 Å². The minimum absolute atomic E-state index is 0.0592. The Bertz CT molecular complexity index is 553. The second-order valence-corrected chi connectivity index (χ2v) is 4.74. The maximum Gasteiger partial charge on any atom is 0.243 e. The molecule has 2 heterocycles. The van der Waals surface area contributed by atoms with Crippen LogP contribution in [0.1, 0.15) is 29.7 Å². The summed E-state index contributed by atoms with van der Waals surface area (Å²) in [4.78, 5) is 4.33. The van der Waals surface area contributed by atoms with Gasteiger partial charge in [0.15, 0.2) is 5.82 Å². The quantitative estimate of drug-likeness (QED) is 0.755. The Morgan fingerprint density at radius 2 is 2.11 bits per heavy atom. The highest BCUT2D eigenvalue weighted by atomic mass is 16.5. The summed E-state index contributed by atoms with van der Waals surface area (Å²) in [7, 11) is 0. The lowest BCUT2D eigenvalue weighted by Crippen LogP contribution is -2.15. The number of hydrogen-bond donors (Lipinski definition) is 3. The van der Waals surface area contributed by atoms with E-state index in [1.807, 2.05) is 12.1 Å². The number of hydrogen-bond acceptors (Lipinski definition) is 6. The summed E-state index contributed by atoms with van der Waals surface area (Å²) in [6.45, 7) is 0.556. The zero-order chi connectivity index (χ0) is 13.2. The number of aromatic hydroxyl groups is 1. The summed E-state index contributed by atoms with van der Waals surface area (Å²) in [5.74, 6) is 1.36. The minimum Gasteiger partial charge on any atom is -0.508 e. The molecule has 0 spiro atoms. The number of aliphatic hydroxyl groups is 1.